The lowest BCUT2D eigenvalue weighted by atomic mass is 10.1. The Morgan fingerprint density at radius 3 is 2.82 bits per heavy atom. The fourth-order valence-corrected chi connectivity index (χ4v) is 1.39. The molecule has 0 radical (unpaired) electrons. The molecule has 0 unspecified atom stereocenters. The van der Waals surface area contributed by atoms with Crippen LogP contribution in [0.1, 0.15) is 11.1 Å². The van der Waals surface area contributed by atoms with Gasteiger partial charge < -0.3 is 4.98 Å². The first-order valence-electron chi connectivity index (χ1n) is 3.82. The Hall–Kier alpha value is -1.24. The lowest BCUT2D eigenvalue weighted by Crippen LogP contribution is -1.71. The van der Waals surface area contributed by atoms with Gasteiger partial charge in [0.1, 0.15) is 0 Å². The molecule has 1 heteroatoms. The van der Waals surface area contributed by atoms with Gasteiger partial charge in [-0.3, -0.25) is 0 Å². The van der Waals surface area contributed by atoms with Gasteiger partial charge in [-0.25, -0.2) is 0 Å². The summed E-state index contributed by atoms with van der Waals surface area (Å²) in [7, 11) is 0. The van der Waals surface area contributed by atoms with Crippen molar-refractivity contribution >= 4 is 10.9 Å². The molecule has 0 aliphatic carbocycles. The van der Waals surface area contributed by atoms with Crippen LogP contribution in [0.2, 0.25) is 0 Å². The van der Waals surface area contributed by atoms with E-state index < -0.39 is 0 Å². The van der Waals surface area contributed by atoms with Gasteiger partial charge in [-0.1, -0.05) is 12.1 Å². The molecule has 0 amide bonds. The van der Waals surface area contributed by atoms with Crippen LogP contribution >= 0.6 is 0 Å². The predicted octanol–water partition coefficient (Wildman–Crippen LogP) is 2.78. The van der Waals surface area contributed by atoms with Crippen molar-refractivity contribution in [3.63, 3.8) is 0 Å². The number of benzene rings is 1. The minimum atomic E-state index is 1.24. The van der Waals surface area contributed by atoms with E-state index in [1.807, 2.05) is 6.20 Å². The number of aromatic amines is 1. The van der Waals surface area contributed by atoms with E-state index in [0.29, 0.717) is 0 Å². The highest BCUT2D eigenvalue weighted by Crippen LogP contribution is 2.17. The average Bonchev–Trinajstić information content (AvgIpc) is 2.32. The summed E-state index contributed by atoms with van der Waals surface area (Å²) in [5, 5.41) is 1.33. The van der Waals surface area contributed by atoms with Crippen LogP contribution in [0.4, 0.5) is 0 Å². The van der Waals surface area contributed by atoms with E-state index in [0.717, 1.165) is 0 Å². The SMILES string of the molecule is Cc1ccc2c(C)c[nH]c2c1. The number of aromatic nitrogens is 1. The quantitative estimate of drug-likeness (QED) is 0.586. The standard InChI is InChI=1S/C10H11N/c1-7-3-4-9-8(2)6-11-10(9)5-7/h3-6,11H,1-2H3. The first kappa shape index (κ1) is 6.47. The monoisotopic (exact) mass is 145 g/mol. The molecule has 1 N–H and O–H groups in total. The molecule has 0 fully saturated rings. The highest BCUT2D eigenvalue weighted by atomic mass is 14.7. The maximum atomic E-state index is 3.23. The third kappa shape index (κ3) is 0.929. The first-order chi connectivity index (χ1) is 5.27. The van der Waals surface area contributed by atoms with E-state index in [1.165, 1.54) is 22.0 Å². The number of hydrogen-bond donors (Lipinski definition) is 1. The van der Waals surface area contributed by atoms with Crippen molar-refractivity contribution in [3.05, 3.63) is 35.5 Å². The second kappa shape index (κ2) is 2.12. The Labute approximate surface area is 66.1 Å². The van der Waals surface area contributed by atoms with Gasteiger partial charge in [-0.15, -0.1) is 0 Å². The van der Waals surface area contributed by atoms with Gasteiger partial charge in [-0.2, -0.15) is 0 Å². The topological polar surface area (TPSA) is 15.8 Å². The lowest BCUT2D eigenvalue weighted by Gasteiger charge is -1.92. The van der Waals surface area contributed by atoms with E-state index in [9.17, 15) is 0 Å². The van der Waals surface area contributed by atoms with Crippen LogP contribution in [-0.4, -0.2) is 4.98 Å². The van der Waals surface area contributed by atoms with Gasteiger partial charge in [-0.05, 0) is 31.0 Å². The molecule has 0 spiro atoms. The Morgan fingerprint density at radius 1 is 1.18 bits per heavy atom. The Kier molecular flexibility index (Phi) is 1.25. The Balaban J connectivity index is 2.86. The fourth-order valence-electron chi connectivity index (χ4n) is 1.39. The second-order valence-corrected chi connectivity index (χ2v) is 3.02. The van der Waals surface area contributed by atoms with Gasteiger partial charge in [0.05, 0.1) is 0 Å². The molecule has 0 saturated heterocycles. The molecule has 0 atom stereocenters. The average molecular weight is 145 g/mol. The van der Waals surface area contributed by atoms with E-state index in [4.69, 9.17) is 0 Å². The van der Waals surface area contributed by atoms with Crippen molar-refractivity contribution in [1.82, 2.24) is 4.98 Å². The summed E-state index contributed by atoms with van der Waals surface area (Å²) in [5.74, 6) is 0. The predicted molar refractivity (Wildman–Crippen MR) is 47.8 cm³/mol. The molecule has 11 heavy (non-hydrogen) atoms. The molecule has 1 nitrogen and oxygen atoms in total. The van der Waals surface area contributed by atoms with Gasteiger partial charge >= 0.3 is 0 Å². The molecule has 0 bridgehead atoms. The van der Waals surface area contributed by atoms with Gasteiger partial charge in [0, 0.05) is 17.1 Å². The van der Waals surface area contributed by atoms with Gasteiger partial charge in [0.25, 0.3) is 0 Å². The number of fused-ring (bicyclic) bond motifs is 1. The van der Waals surface area contributed by atoms with Gasteiger partial charge in [0.2, 0.25) is 0 Å². The number of nitrogens with one attached hydrogen (secondary N) is 1. The van der Waals surface area contributed by atoms with Crippen LogP contribution in [0.25, 0.3) is 10.9 Å². The third-order valence-corrected chi connectivity index (χ3v) is 2.04. The lowest BCUT2D eigenvalue weighted by molar-refractivity contribution is 1.42. The maximum Gasteiger partial charge on any atom is 0.0459 e. The van der Waals surface area contributed by atoms with E-state index in [1.54, 1.807) is 0 Å². The van der Waals surface area contributed by atoms with Crippen molar-refractivity contribution in [2.45, 2.75) is 13.8 Å². The zero-order chi connectivity index (χ0) is 7.84. The summed E-state index contributed by atoms with van der Waals surface area (Å²) in [6.07, 6.45) is 2.05. The van der Waals surface area contributed by atoms with Crippen molar-refractivity contribution in [2.24, 2.45) is 0 Å². The summed E-state index contributed by atoms with van der Waals surface area (Å²) in [6, 6.07) is 6.47. The highest BCUT2D eigenvalue weighted by Gasteiger charge is 1.97. The number of H-pyrrole nitrogens is 1. The van der Waals surface area contributed by atoms with Crippen LogP contribution in [0.15, 0.2) is 24.4 Å². The Morgan fingerprint density at radius 2 is 2.00 bits per heavy atom. The van der Waals surface area contributed by atoms with Crippen LogP contribution < -0.4 is 0 Å². The minimum Gasteiger partial charge on any atom is -0.361 e. The zero-order valence-electron chi connectivity index (χ0n) is 6.81. The molecule has 1 aromatic heterocycles. The van der Waals surface area contributed by atoms with Gasteiger partial charge in [0.15, 0.2) is 0 Å². The second-order valence-electron chi connectivity index (χ2n) is 3.02. The molecule has 1 heterocycles. The molecule has 0 saturated carbocycles. The van der Waals surface area contributed by atoms with Crippen molar-refractivity contribution in [3.8, 4) is 0 Å². The summed E-state index contributed by atoms with van der Waals surface area (Å²) in [5.41, 5.74) is 3.86. The maximum absolute atomic E-state index is 3.23. The smallest absolute Gasteiger partial charge is 0.0459 e. The first-order valence-corrected chi connectivity index (χ1v) is 3.82. The molecular weight excluding hydrogens is 134 g/mol. The highest BCUT2D eigenvalue weighted by molar-refractivity contribution is 5.83. The van der Waals surface area contributed by atoms with Crippen molar-refractivity contribution in [1.29, 1.82) is 0 Å². The molecular formula is C10H11N. The molecule has 0 aliphatic rings. The number of rotatable bonds is 0. The van der Waals surface area contributed by atoms with Crippen LogP contribution in [-0.2, 0) is 0 Å². The molecule has 1 aromatic carbocycles. The van der Waals surface area contributed by atoms with Crippen LogP contribution in [0.3, 0.4) is 0 Å². The Bertz CT molecular complexity index is 385. The summed E-state index contributed by atoms with van der Waals surface area (Å²) in [4.78, 5) is 3.23. The molecule has 2 rings (SSSR count). The van der Waals surface area contributed by atoms with E-state index in [-0.39, 0.29) is 0 Å². The minimum absolute atomic E-state index is 1.24. The van der Waals surface area contributed by atoms with Crippen molar-refractivity contribution in [2.75, 3.05) is 0 Å². The molecule has 0 aliphatic heterocycles. The zero-order valence-corrected chi connectivity index (χ0v) is 6.81. The molecule has 2 aromatic rings. The number of aryl methyl sites for hydroxylation is 2. The normalized spacial score (nSPS) is 10.7. The van der Waals surface area contributed by atoms with E-state index >= 15 is 0 Å². The van der Waals surface area contributed by atoms with Crippen molar-refractivity contribution < 1.29 is 0 Å². The summed E-state index contributed by atoms with van der Waals surface area (Å²) >= 11 is 0. The fraction of sp³-hybridized carbons (Fsp3) is 0.200. The largest absolute Gasteiger partial charge is 0.361 e. The third-order valence-electron chi connectivity index (χ3n) is 2.04. The summed E-state index contributed by atoms with van der Waals surface area (Å²) in [6.45, 7) is 4.23. The van der Waals surface area contributed by atoms with Crippen LogP contribution in [0, 0.1) is 13.8 Å². The van der Waals surface area contributed by atoms with Crippen LogP contribution in [0.5, 0.6) is 0 Å². The number of hydrogen-bond acceptors (Lipinski definition) is 0. The summed E-state index contributed by atoms with van der Waals surface area (Å²) < 4.78 is 0. The van der Waals surface area contributed by atoms with E-state index in [2.05, 4.69) is 37.0 Å². The molecule has 56 valence electrons.